The third kappa shape index (κ3) is 3.16. The fourth-order valence-electron chi connectivity index (χ4n) is 4.71. The number of aromatic nitrogens is 1. The van der Waals surface area contributed by atoms with E-state index in [1.807, 2.05) is 43.5 Å². The Kier molecular flexibility index (Phi) is 5.00. The summed E-state index contributed by atoms with van der Waals surface area (Å²) in [5, 5.41) is 12.9. The predicted octanol–water partition coefficient (Wildman–Crippen LogP) is 4.82. The molecule has 1 aromatic heterocycles. The first-order valence-corrected chi connectivity index (χ1v) is 10.0. The normalized spacial score (nSPS) is 28.9. The van der Waals surface area contributed by atoms with Crippen molar-refractivity contribution in [1.29, 1.82) is 0 Å². The number of aryl methyl sites for hydroxylation is 1. The van der Waals surface area contributed by atoms with Gasteiger partial charge in [0.25, 0.3) is 0 Å². The molecule has 5 heteroatoms. The summed E-state index contributed by atoms with van der Waals surface area (Å²) < 4.78 is 0. The van der Waals surface area contributed by atoms with Crippen molar-refractivity contribution in [3.8, 4) is 0 Å². The molecule has 0 amide bonds. The van der Waals surface area contributed by atoms with Gasteiger partial charge in [-0.3, -0.25) is 9.88 Å². The van der Waals surface area contributed by atoms with E-state index in [4.69, 9.17) is 23.2 Å². The second-order valence-electron chi connectivity index (χ2n) is 7.78. The quantitative estimate of drug-likeness (QED) is 0.815. The molecule has 0 unspecified atom stereocenters. The molecule has 1 aromatic carbocycles. The van der Waals surface area contributed by atoms with Crippen LogP contribution in [0.25, 0.3) is 0 Å². The highest BCUT2D eigenvalue weighted by Gasteiger charge is 2.52. The lowest BCUT2D eigenvalue weighted by Crippen LogP contribution is -2.58. The van der Waals surface area contributed by atoms with Gasteiger partial charge in [-0.05, 0) is 43.0 Å². The predicted molar refractivity (Wildman–Crippen MR) is 105 cm³/mol. The maximum Gasteiger partial charge on any atom is 0.114 e. The first kappa shape index (κ1) is 18.2. The molecule has 1 aliphatic carbocycles. The molecule has 2 heterocycles. The third-order valence-electron chi connectivity index (χ3n) is 6.05. The zero-order valence-electron chi connectivity index (χ0n) is 15.0. The highest BCUT2D eigenvalue weighted by Crippen LogP contribution is 2.49. The zero-order valence-corrected chi connectivity index (χ0v) is 16.5. The molecule has 2 atom stereocenters. The fourth-order valence-corrected chi connectivity index (χ4v) is 5.09. The van der Waals surface area contributed by atoms with Gasteiger partial charge in [-0.1, -0.05) is 47.8 Å². The number of likely N-dealkylation sites (tertiary alicyclic amines) is 1. The van der Waals surface area contributed by atoms with Crippen LogP contribution in [0.3, 0.4) is 0 Å². The number of hydrogen-bond donors (Lipinski definition) is 1. The van der Waals surface area contributed by atoms with Crippen molar-refractivity contribution in [2.24, 2.45) is 11.8 Å². The minimum Gasteiger partial charge on any atom is -0.383 e. The topological polar surface area (TPSA) is 36.4 Å². The number of nitrogens with zero attached hydrogens (tertiary/aromatic N) is 2. The molecule has 2 aliphatic rings. The smallest absolute Gasteiger partial charge is 0.114 e. The Morgan fingerprint density at radius 2 is 1.88 bits per heavy atom. The molecular formula is C21H24Cl2N2O. The van der Waals surface area contributed by atoms with E-state index in [0.29, 0.717) is 10.0 Å². The van der Waals surface area contributed by atoms with E-state index in [-0.39, 0.29) is 11.8 Å². The molecule has 138 valence electrons. The van der Waals surface area contributed by atoms with Crippen LogP contribution in [0.1, 0.15) is 36.1 Å². The number of halogens is 2. The van der Waals surface area contributed by atoms with Gasteiger partial charge in [0.2, 0.25) is 0 Å². The molecule has 1 aliphatic heterocycles. The van der Waals surface area contributed by atoms with Crippen molar-refractivity contribution >= 4 is 23.2 Å². The number of hydrogen-bond acceptors (Lipinski definition) is 3. The average molecular weight is 391 g/mol. The van der Waals surface area contributed by atoms with E-state index < -0.39 is 5.60 Å². The van der Waals surface area contributed by atoms with Crippen molar-refractivity contribution in [3.05, 3.63) is 63.4 Å². The number of benzene rings is 1. The highest BCUT2D eigenvalue weighted by atomic mass is 35.5. The highest BCUT2D eigenvalue weighted by molar-refractivity contribution is 6.42. The summed E-state index contributed by atoms with van der Waals surface area (Å²) >= 11 is 12.5. The molecular weight excluding hydrogens is 367 g/mol. The molecule has 26 heavy (non-hydrogen) atoms. The van der Waals surface area contributed by atoms with Crippen molar-refractivity contribution < 1.29 is 5.11 Å². The average Bonchev–Trinajstić information content (AvgIpc) is 2.60. The molecule has 1 N–H and O–H groups in total. The van der Waals surface area contributed by atoms with Crippen LogP contribution in [-0.2, 0) is 12.1 Å². The van der Waals surface area contributed by atoms with Crippen molar-refractivity contribution in [2.75, 3.05) is 13.1 Å². The standard InChI is InChI=1S/C21H24Cl2N2O/c1-14-8-9-19(24-10-14)21(26)16-5-3-6-17(21)13-25(12-16)11-15-4-2-7-18(22)20(15)23/h2,4,7-10,16-17,26H,3,5-6,11-13H2,1H3/t16-,17-/m1/s1. The fraction of sp³-hybridized carbons (Fsp3) is 0.476. The van der Waals surface area contributed by atoms with E-state index in [0.717, 1.165) is 49.3 Å². The van der Waals surface area contributed by atoms with Crippen LogP contribution < -0.4 is 0 Å². The Morgan fingerprint density at radius 1 is 1.15 bits per heavy atom. The molecule has 4 rings (SSSR count). The van der Waals surface area contributed by atoms with Crippen molar-refractivity contribution in [1.82, 2.24) is 9.88 Å². The summed E-state index contributed by atoms with van der Waals surface area (Å²) in [6, 6.07) is 9.85. The van der Waals surface area contributed by atoms with Crippen LogP contribution >= 0.6 is 23.2 Å². The molecule has 1 saturated carbocycles. The zero-order chi connectivity index (χ0) is 18.3. The maximum absolute atomic E-state index is 11.7. The number of rotatable bonds is 3. The summed E-state index contributed by atoms with van der Waals surface area (Å²) in [6.45, 7) is 4.50. The lowest BCUT2D eigenvalue weighted by molar-refractivity contribution is -0.151. The lowest BCUT2D eigenvalue weighted by Gasteiger charge is -2.52. The van der Waals surface area contributed by atoms with Gasteiger partial charge in [0.05, 0.1) is 15.7 Å². The Balaban J connectivity index is 1.58. The van der Waals surface area contributed by atoms with E-state index in [2.05, 4.69) is 9.88 Å². The third-order valence-corrected chi connectivity index (χ3v) is 6.91. The molecule has 3 nitrogen and oxygen atoms in total. The largest absolute Gasteiger partial charge is 0.383 e. The van der Waals surface area contributed by atoms with Crippen LogP contribution in [0.5, 0.6) is 0 Å². The molecule has 0 radical (unpaired) electrons. The van der Waals surface area contributed by atoms with Crippen LogP contribution in [-0.4, -0.2) is 28.1 Å². The van der Waals surface area contributed by atoms with Crippen LogP contribution in [0, 0.1) is 18.8 Å². The molecule has 2 bridgehead atoms. The number of fused-ring (bicyclic) bond motifs is 2. The Hall–Kier alpha value is -1.13. The van der Waals surface area contributed by atoms with Gasteiger partial charge < -0.3 is 5.11 Å². The second kappa shape index (κ2) is 7.12. The Morgan fingerprint density at radius 3 is 2.54 bits per heavy atom. The number of aliphatic hydroxyl groups is 1. The van der Waals surface area contributed by atoms with Crippen molar-refractivity contribution in [3.63, 3.8) is 0 Å². The number of piperidine rings is 1. The van der Waals surface area contributed by atoms with Gasteiger partial charge >= 0.3 is 0 Å². The summed E-state index contributed by atoms with van der Waals surface area (Å²) in [6.07, 6.45) is 5.10. The van der Waals surface area contributed by atoms with Gasteiger partial charge in [0, 0.05) is 37.7 Å². The first-order chi connectivity index (χ1) is 12.5. The summed E-state index contributed by atoms with van der Waals surface area (Å²) in [5.74, 6) is 0.395. The number of pyridine rings is 1. The Bertz CT molecular complexity index is 779. The molecule has 1 saturated heterocycles. The maximum atomic E-state index is 11.7. The minimum atomic E-state index is -0.819. The molecule has 0 spiro atoms. The summed E-state index contributed by atoms with van der Waals surface area (Å²) in [5.41, 5.74) is 2.19. The summed E-state index contributed by atoms with van der Waals surface area (Å²) in [7, 11) is 0. The van der Waals surface area contributed by atoms with E-state index in [1.54, 1.807) is 0 Å². The van der Waals surface area contributed by atoms with Crippen LogP contribution in [0.2, 0.25) is 10.0 Å². The van der Waals surface area contributed by atoms with Gasteiger partial charge in [-0.25, -0.2) is 0 Å². The van der Waals surface area contributed by atoms with Crippen LogP contribution in [0.4, 0.5) is 0 Å². The second-order valence-corrected chi connectivity index (χ2v) is 8.56. The SMILES string of the molecule is Cc1ccc(C2(O)[C@@H]3CCC[C@@H]2CN(Cc2cccc(Cl)c2Cl)C3)nc1. The van der Waals surface area contributed by atoms with E-state index in [1.165, 1.54) is 6.42 Å². The van der Waals surface area contributed by atoms with E-state index >= 15 is 0 Å². The summed E-state index contributed by atoms with van der Waals surface area (Å²) in [4.78, 5) is 7.00. The van der Waals surface area contributed by atoms with Crippen LogP contribution in [0.15, 0.2) is 36.5 Å². The Labute approximate surface area is 165 Å². The van der Waals surface area contributed by atoms with E-state index in [9.17, 15) is 5.11 Å². The van der Waals surface area contributed by atoms with Gasteiger partial charge in [-0.15, -0.1) is 0 Å². The molecule has 2 fully saturated rings. The molecule has 2 aromatic rings. The first-order valence-electron chi connectivity index (χ1n) is 9.29. The monoisotopic (exact) mass is 390 g/mol. The van der Waals surface area contributed by atoms with Gasteiger partial charge in [-0.2, -0.15) is 0 Å². The minimum absolute atomic E-state index is 0.197. The van der Waals surface area contributed by atoms with Crippen molar-refractivity contribution in [2.45, 2.75) is 38.3 Å². The van der Waals surface area contributed by atoms with Gasteiger partial charge in [0.1, 0.15) is 5.60 Å². The lowest BCUT2D eigenvalue weighted by atomic mass is 9.64. The van der Waals surface area contributed by atoms with Gasteiger partial charge in [0.15, 0.2) is 0 Å².